The zero-order valence-electron chi connectivity index (χ0n) is 34.3. The van der Waals surface area contributed by atoms with Gasteiger partial charge in [-0.05, 0) is 75.8 Å². The highest BCUT2D eigenvalue weighted by atomic mass is 35.5. The third-order valence-electron chi connectivity index (χ3n) is 12.4. The van der Waals surface area contributed by atoms with Crippen molar-refractivity contribution in [2.24, 2.45) is 5.92 Å². The van der Waals surface area contributed by atoms with Gasteiger partial charge in [-0.2, -0.15) is 4.98 Å². The van der Waals surface area contributed by atoms with Gasteiger partial charge in [0.15, 0.2) is 15.7 Å². The first-order valence-corrected chi connectivity index (χ1v) is 22.9. The number of amides is 5. The molecule has 2 aromatic carbocycles. The quantitative estimate of drug-likeness (QED) is 0.225. The fraction of sp³-hybridized carbons (Fsp3) is 0.500. The maximum atomic E-state index is 13.4. The number of para-hydroxylation sites is 1. The molecule has 5 aliphatic rings. The summed E-state index contributed by atoms with van der Waals surface area (Å²) in [6.45, 7) is 10.7. The number of hydrogen-bond donors (Lipinski definition) is 3. The summed E-state index contributed by atoms with van der Waals surface area (Å²) >= 11 is 6.43. The Balaban J connectivity index is 0.765. The molecule has 0 aliphatic carbocycles. The molecule has 4 saturated heterocycles. The number of fused-ring (bicyclic) bond motifs is 1. The molecule has 2 atom stereocenters. The van der Waals surface area contributed by atoms with Gasteiger partial charge in [0.2, 0.25) is 23.7 Å². The number of rotatable bonds is 12. The lowest BCUT2D eigenvalue weighted by Gasteiger charge is -2.40. The Kier molecular flexibility index (Phi) is 12.3. The van der Waals surface area contributed by atoms with Crippen LogP contribution in [-0.2, 0) is 24.2 Å². The number of sulfone groups is 1. The van der Waals surface area contributed by atoms with Gasteiger partial charge >= 0.3 is 0 Å². The van der Waals surface area contributed by atoms with Crippen molar-refractivity contribution in [3.63, 3.8) is 0 Å². The first-order chi connectivity index (χ1) is 29.2. The van der Waals surface area contributed by atoms with Crippen LogP contribution >= 0.6 is 11.6 Å². The summed E-state index contributed by atoms with van der Waals surface area (Å²) in [5.74, 6) is -0.762. The average Bonchev–Trinajstić information content (AvgIpc) is 3.79. The number of halogens is 1. The molecule has 0 spiro atoms. The standard InChI is InChI=1S/C42H51ClN10O7S/c1-26(2)61(59,60)35-6-4-3-5-33(35)46-38-32(43)22-44-42(48-38)45-28-13-14-50(24-28)25-37(55)52-15-11-27(12-16-52)23-49-17-19-51(20-18-49)29-7-8-30-31(21-29)41(58)53(40(30)57)34-9-10-36(54)47-39(34)56/h3-8,21-22,26-28,34H,9-20,23-25H2,1-2H3,(H,47,54,56)(H2,44,45,46,48). The summed E-state index contributed by atoms with van der Waals surface area (Å²) in [6, 6.07) is 11.0. The highest BCUT2D eigenvalue weighted by Crippen LogP contribution is 2.33. The number of benzene rings is 2. The van der Waals surface area contributed by atoms with E-state index in [2.05, 4.69) is 40.6 Å². The third kappa shape index (κ3) is 9.08. The van der Waals surface area contributed by atoms with E-state index in [0.717, 1.165) is 82.2 Å². The SMILES string of the molecule is CC(C)S(=O)(=O)c1ccccc1Nc1nc(NC2CCN(CC(=O)N3CCC(CN4CCN(c5ccc6c(c5)C(=O)N(C5CCC(=O)NC5=O)C6=O)CC4)CC3)C2)ncc1Cl. The molecule has 4 fully saturated rings. The van der Waals surface area contributed by atoms with Gasteiger partial charge in [0.1, 0.15) is 11.1 Å². The van der Waals surface area contributed by atoms with Gasteiger partial charge in [0.25, 0.3) is 11.8 Å². The molecule has 2 unspecified atom stereocenters. The minimum absolute atomic E-state index is 0.0198. The maximum absolute atomic E-state index is 13.4. The molecule has 0 bridgehead atoms. The molecule has 5 amide bonds. The summed E-state index contributed by atoms with van der Waals surface area (Å²) in [5, 5.41) is 8.34. The second kappa shape index (κ2) is 17.7. The van der Waals surface area contributed by atoms with Gasteiger partial charge in [-0.15, -0.1) is 0 Å². The normalized spacial score (nSPS) is 21.9. The zero-order chi connectivity index (χ0) is 43.0. The first kappa shape index (κ1) is 42.5. The van der Waals surface area contributed by atoms with Crippen molar-refractivity contribution in [2.75, 3.05) is 81.0 Å². The van der Waals surface area contributed by atoms with E-state index in [1.165, 1.54) is 6.20 Å². The van der Waals surface area contributed by atoms with Crippen LogP contribution in [0.3, 0.4) is 0 Å². The van der Waals surface area contributed by atoms with Gasteiger partial charge < -0.3 is 20.4 Å². The molecular formula is C42H51ClN10O7S. The Morgan fingerprint density at radius 2 is 1.64 bits per heavy atom. The lowest BCUT2D eigenvalue weighted by atomic mass is 9.95. The van der Waals surface area contributed by atoms with E-state index < -0.39 is 44.8 Å². The minimum Gasteiger partial charge on any atom is -0.369 e. The Morgan fingerprint density at radius 1 is 0.902 bits per heavy atom. The Bertz CT molecular complexity index is 2330. The van der Waals surface area contributed by atoms with Crippen LogP contribution in [0.4, 0.5) is 23.1 Å². The van der Waals surface area contributed by atoms with E-state index >= 15 is 0 Å². The lowest BCUT2D eigenvalue weighted by Crippen LogP contribution is -2.54. The largest absolute Gasteiger partial charge is 0.369 e. The number of piperazine rings is 1. The number of piperidine rings is 2. The lowest BCUT2D eigenvalue weighted by molar-refractivity contribution is -0.136. The van der Waals surface area contributed by atoms with E-state index in [1.807, 2.05) is 11.0 Å². The number of anilines is 4. The maximum Gasteiger partial charge on any atom is 0.262 e. The summed E-state index contributed by atoms with van der Waals surface area (Å²) in [7, 11) is -3.55. The second-order valence-electron chi connectivity index (χ2n) is 16.8. The topological polar surface area (TPSA) is 198 Å². The predicted molar refractivity (Wildman–Crippen MR) is 229 cm³/mol. The summed E-state index contributed by atoms with van der Waals surface area (Å²) in [6.07, 6.45) is 4.37. The van der Waals surface area contributed by atoms with Crippen molar-refractivity contribution >= 4 is 74.1 Å². The van der Waals surface area contributed by atoms with Crippen molar-refractivity contribution in [3.8, 4) is 0 Å². The van der Waals surface area contributed by atoms with E-state index in [0.29, 0.717) is 30.6 Å². The van der Waals surface area contributed by atoms with Gasteiger partial charge in [-0.3, -0.25) is 44.0 Å². The zero-order valence-corrected chi connectivity index (χ0v) is 35.9. The number of imide groups is 2. The molecule has 6 heterocycles. The highest BCUT2D eigenvalue weighted by molar-refractivity contribution is 7.92. The molecule has 5 aliphatic heterocycles. The van der Waals surface area contributed by atoms with Crippen molar-refractivity contribution in [2.45, 2.75) is 68.2 Å². The highest BCUT2D eigenvalue weighted by Gasteiger charge is 2.45. The van der Waals surface area contributed by atoms with Crippen LogP contribution < -0.4 is 20.9 Å². The Hall–Kier alpha value is -5.17. The number of carbonyl (C=O) groups excluding carboxylic acids is 5. The van der Waals surface area contributed by atoms with Crippen molar-refractivity contribution in [3.05, 3.63) is 64.8 Å². The van der Waals surface area contributed by atoms with Crippen molar-refractivity contribution < 1.29 is 32.4 Å². The average molecular weight is 875 g/mol. The van der Waals surface area contributed by atoms with E-state index in [4.69, 9.17) is 11.6 Å². The van der Waals surface area contributed by atoms with Crippen molar-refractivity contribution in [1.82, 2.24) is 34.9 Å². The van der Waals surface area contributed by atoms with Crippen LogP contribution in [-0.4, -0.2) is 150 Å². The second-order valence-corrected chi connectivity index (χ2v) is 19.6. The van der Waals surface area contributed by atoms with Crippen LogP contribution in [0.5, 0.6) is 0 Å². The van der Waals surface area contributed by atoms with Crippen LogP contribution in [0.2, 0.25) is 5.02 Å². The number of hydrogen-bond acceptors (Lipinski definition) is 14. The van der Waals surface area contributed by atoms with Crippen LogP contribution in [0.15, 0.2) is 53.6 Å². The molecule has 324 valence electrons. The number of aromatic nitrogens is 2. The number of likely N-dealkylation sites (tertiary alicyclic amines) is 2. The predicted octanol–water partition coefficient (Wildman–Crippen LogP) is 3.00. The van der Waals surface area contributed by atoms with Gasteiger partial charge in [-0.1, -0.05) is 23.7 Å². The molecule has 8 rings (SSSR count). The molecule has 61 heavy (non-hydrogen) atoms. The van der Waals surface area contributed by atoms with E-state index in [1.54, 1.807) is 50.2 Å². The Morgan fingerprint density at radius 3 is 2.38 bits per heavy atom. The third-order valence-corrected chi connectivity index (χ3v) is 14.9. The summed E-state index contributed by atoms with van der Waals surface area (Å²) < 4.78 is 25.9. The number of nitrogens with one attached hydrogen (secondary N) is 3. The molecule has 3 aromatic rings. The molecule has 3 N–H and O–H groups in total. The monoisotopic (exact) mass is 874 g/mol. The smallest absolute Gasteiger partial charge is 0.262 e. The van der Waals surface area contributed by atoms with Crippen molar-refractivity contribution in [1.29, 1.82) is 0 Å². The first-order valence-electron chi connectivity index (χ1n) is 21.0. The van der Waals surface area contributed by atoms with Gasteiger partial charge in [0, 0.05) is 77.1 Å². The number of nitrogens with zero attached hydrogens (tertiary/aromatic N) is 7. The fourth-order valence-electron chi connectivity index (χ4n) is 8.87. The van der Waals surface area contributed by atoms with Gasteiger partial charge in [0.05, 0.1) is 39.7 Å². The minimum atomic E-state index is -3.55. The van der Waals surface area contributed by atoms with Crippen LogP contribution in [0.1, 0.15) is 66.7 Å². The van der Waals surface area contributed by atoms with E-state index in [-0.39, 0.29) is 51.7 Å². The molecule has 1 aromatic heterocycles. The fourth-order valence-corrected chi connectivity index (χ4v) is 10.2. The molecule has 0 saturated carbocycles. The Labute approximate surface area is 360 Å². The van der Waals surface area contributed by atoms with Crippen LogP contribution in [0, 0.1) is 5.92 Å². The number of carbonyl (C=O) groups is 5. The molecule has 0 radical (unpaired) electrons. The molecule has 19 heteroatoms. The summed E-state index contributed by atoms with van der Waals surface area (Å²) in [5.41, 5.74) is 1.81. The van der Waals surface area contributed by atoms with Crippen LogP contribution in [0.25, 0.3) is 0 Å². The molecule has 17 nitrogen and oxygen atoms in total. The summed E-state index contributed by atoms with van der Waals surface area (Å²) in [4.78, 5) is 82.8. The van der Waals surface area contributed by atoms with Gasteiger partial charge in [-0.25, -0.2) is 13.4 Å². The van der Waals surface area contributed by atoms with E-state index in [9.17, 15) is 32.4 Å². The molecular weight excluding hydrogens is 824 g/mol.